The van der Waals surface area contributed by atoms with Crippen LogP contribution in [0.3, 0.4) is 0 Å². The summed E-state index contributed by atoms with van der Waals surface area (Å²) in [5.41, 5.74) is 2.50. The first-order chi connectivity index (χ1) is 8.97. The van der Waals surface area contributed by atoms with E-state index < -0.39 is 0 Å². The van der Waals surface area contributed by atoms with Gasteiger partial charge in [0.1, 0.15) is 0 Å². The minimum Gasteiger partial charge on any atom is -0.380 e. The summed E-state index contributed by atoms with van der Waals surface area (Å²) in [6, 6.07) is 7.07. The Hall–Kier alpha value is -0.700. The second-order valence-corrected chi connectivity index (χ2v) is 7.12. The fraction of sp³-hybridized carbons (Fsp3) is 0.625. The number of hydrogen-bond acceptors (Lipinski definition) is 2. The summed E-state index contributed by atoms with van der Waals surface area (Å²) in [5, 5.41) is 3.77. The molecule has 1 aromatic rings. The molecule has 0 heterocycles. The maximum absolute atomic E-state index is 3.77. The predicted octanol–water partition coefficient (Wildman–Crippen LogP) is 4.75. The highest BCUT2D eigenvalue weighted by atomic mass is 79.9. The van der Waals surface area contributed by atoms with Gasteiger partial charge in [0.25, 0.3) is 0 Å². The van der Waals surface area contributed by atoms with E-state index in [1.54, 1.807) is 0 Å². The number of benzene rings is 1. The van der Waals surface area contributed by atoms with Crippen molar-refractivity contribution in [3.8, 4) is 0 Å². The fourth-order valence-electron chi connectivity index (χ4n) is 3.09. The zero-order chi connectivity index (χ0) is 14.0. The van der Waals surface area contributed by atoms with Crippen LogP contribution in [0.4, 0.5) is 11.4 Å². The van der Waals surface area contributed by atoms with Gasteiger partial charge in [0, 0.05) is 24.6 Å². The number of anilines is 2. The third-order valence-corrected chi connectivity index (χ3v) is 4.71. The van der Waals surface area contributed by atoms with E-state index in [-0.39, 0.29) is 0 Å². The molecule has 1 aromatic carbocycles. The molecular formula is C16H25BrN2. The molecule has 3 atom stereocenters. The molecule has 0 aromatic heterocycles. The Balaban J connectivity index is 2.16. The molecule has 0 aliphatic heterocycles. The molecule has 0 amide bonds. The second-order valence-electron chi connectivity index (χ2n) is 6.20. The number of halogens is 1. The predicted molar refractivity (Wildman–Crippen MR) is 88.1 cm³/mol. The van der Waals surface area contributed by atoms with Crippen molar-refractivity contribution >= 4 is 27.3 Å². The first kappa shape index (κ1) is 14.7. The molecule has 106 valence electrons. The van der Waals surface area contributed by atoms with Crippen LogP contribution in [-0.4, -0.2) is 20.1 Å². The van der Waals surface area contributed by atoms with E-state index in [1.165, 1.54) is 30.6 Å². The highest BCUT2D eigenvalue weighted by Gasteiger charge is 2.25. The van der Waals surface area contributed by atoms with Crippen molar-refractivity contribution in [2.24, 2.45) is 11.8 Å². The van der Waals surface area contributed by atoms with Gasteiger partial charge in [0.05, 0.1) is 11.4 Å². The summed E-state index contributed by atoms with van der Waals surface area (Å²) in [7, 11) is 4.20. The average molecular weight is 325 g/mol. The lowest BCUT2D eigenvalue weighted by Crippen LogP contribution is -2.33. The number of rotatable bonds is 3. The Morgan fingerprint density at radius 1 is 1.21 bits per heavy atom. The minimum atomic E-state index is 0.601. The highest BCUT2D eigenvalue weighted by molar-refractivity contribution is 9.10. The second kappa shape index (κ2) is 6.17. The van der Waals surface area contributed by atoms with Gasteiger partial charge in [-0.05, 0) is 49.3 Å². The average Bonchev–Trinajstić information content (AvgIpc) is 2.32. The molecule has 2 nitrogen and oxygen atoms in total. The molecule has 3 heteroatoms. The summed E-state index contributed by atoms with van der Waals surface area (Å²) in [6.07, 6.45) is 3.96. The van der Waals surface area contributed by atoms with E-state index >= 15 is 0 Å². The molecule has 3 unspecified atom stereocenters. The summed E-state index contributed by atoms with van der Waals surface area (Å²) in [6.45, 7) is 4.75. The van der Waals surface area contributed by atoms with Crippen LogP contribution in [0.1, 0.15) is 33.1 Å². The first-order valence-electron chi connectivity index (χ1n) is 7.20. The van der Waals surface area contributed by atoms with Crippen LogP contribution in [0.5, 0.6) is 0 Å². The normalized spacial score (nSPS) is 27.1. The van der Waals surface area contributed by atoms with Gasteiger partial charge >= 0.3 is 0 Å². The zero-order valence-corrected chi connectivity index (χ0v) is 14.0. The fourth-order valence-corrected chi connectivity index (χ4v) is 3.45. The molecule has 1 aliphatic carbocycles. The third kappa shape index (κ3) is 3.65. The number of hydrogen-bond donors (Lipinski definition) is 1. The Bertz CT molecular complexity index is 431. The molecule has 0 saturated heterocycles. The van der Waals surface area contributed by atoms with Gasteiger partial charge in [-0.25, -0.2) is 0 Å². The SMILES string of the molecule is CC1CCC(Nc2cc(Br)ccc2N(C)C)C(C)C1. The Morgan fingerprint density at radius 3 is 2.58 bits per heavy atom. The van der Waals surface area contributed by atoms with Crippen LogP contribution >= 0.6 is 15.9 Å². The van der Waals surface area contributed by atoms with E-state index in [0.717, 1.165) is 16.3 Å². The number of nitrogens with zero attached hydrogens (tertiary/aromatic N) is 1. The van der Waals surface area contributed by atoms with Crippen molar-refractivity contribution in [3.63, 3.8) is 0 Å². The largest absolute Gasteiger partial charge is 0.380 e. The molecule has 1 N–H and O–H groups in total. The van der Waals surface area contributed by atoms with E-state index in [4.69, 9.17) is 0 Å². The molecule has 0 spiro atoms. The standard InChI is InChI=1S/C16H25BrN2/c1-11-5-7-14(12(2)9-11)18-15-10-13(17)6-8-16(15)19(3)4/h6,8,10-12,14,18H,5,7,9H2,1-4H3. The van der Waals surface area contributed by atoms with Crippen LogP contribution in [-0.2, 0) is 0 Å². The van der Waals surface area contributed by atoms with Gasteiger partial charge in [0.2, 0.25) is 0 Å². The maximum Gasteiger partial charge on any atom is 0.0597 e. The van der Waals surface area contributed by atoms with Gasteiger partial charge in [-0.1, -0.05) is 29.8 Å². The van der Waals surface area contributed by atoms with Crippen LogP contribution in [0, 0.1) is 11.8 Å². The Kier molecular flexibility index (Phi) is 4.77. The van der Waals surface area contributed by atoms with Crippen molar-refractivity contribution in [2.45, 2.75) is 39.2 Å². The summed E-state index contributed by atoms with van der Waals surface area (Å²) >= 11 is 3.58. The van der Waals surface area contributed by atoms with E-state index in [2.05, 4.69) is 72.3 Å². The van der Waals surface area contributed by atoms with Crippen molar-refractivity contribution < 1.29 is 0 Å². The lowest BCUT2D eigenvalue weighted by molar-refractivity contribution is 0.276. The lowest BCUT2D eigenvalue weighted by Gasteiger charge is -2.34. The monoisotopic (exact) mass is 324 g/mol. The molecule has 1 saturated carbocycles. The quantitative estimate of drug-likeness (QED) is 0.862. The topological polar surface area (TPSA) is 15.3 Å². The Labute approximate surface area is 125 Å². The first-order valence-corrected chi connectivity index (χ1v) is 8.00. The highest BCUT2D eigenvalue weighted by Crippen LogP contribution is 2.34. The van der Waals surface area contributed by atoms with Crippen LogP contribution in [0.2, 0.25) is 0 Å². The molecule has 0 bridgehead atoms. The van der Waals surface area contributed by atoms with Gasteiger partial charge in [-0.3, -0.25) is 0 Å². The summed E-state index contributed by atoms with van der Waals surface area (Å²) < 4.78 is 1.14. The molecule has 0 radical (unpaired) electrons. The minimum absolute atomic E-state index is 0.601. The molecule has 19 heavy (non-hydrogen) atoms. The number of nitrogens with one attached hydrogen (secondary N) is 1. The summed E-state index contributed by atoms with van der Waals surface area (Å²) in [5.74, 6) is 1.63. The molecule has 1 aliphatic rings. The maximum atomic E-state index is 3.77. The van der Waals surface area contributed by atoms with Crippen molar-refractivity contribution in [2.75, 3.05) is 24.3 Å². The third-order valence-electron chi connectivity index (χ3n) is 4.21. The smallest absolute Gasteiger partial charge is 0.0597 e. The van der Waals surface area contributed by atoms with Crippen LogP contribution in [0.25, 0.3) is 0 Å². The van der Waals surface area contributed by atoms with Crippen molar-refractivity contribution in [3.05, 3.63) is 22.7 Å². The van der Waals surface area contributed by atoms with E-state index in [9.17, 15) is 0 Å². The van der Waals surface area contributed by atoms with Gasteiger partial charge < -0.3 is 10.2 Å². The van der Waals surface area contributed by atoms with E-state index in [1.807, 2.05) is 0 Å². The Morgan fingerprint density at radius 2 is 1.95 bits per heavy atom. The van der Waals surface area contributed by atoms with Gasteiger partial charge in [0.15, 0.2) is 0 Å². The van der Waals surface area contributed by atoms with Gasteiger partial charge in [-0.2, -0.15) is 0 Å². The lowest BCUT2D eigenvalue weighted by atomic mass is 9.80. The molecular weight excluding hydrogens is 300 g/mol. The van der Waals surface area contributed by atoms with Crippen molar-refractivity contribution in [1.29, 1.82) is 0 Å². The van der Waals surface area contributed by atoms with Crippen LogP contribution in [0.15, 0.2) is 22.7 Å². The molecule has 1 fully saturated rings. The van der Waals surface area contributed by atoms with Crippen LogP contribution < -0.4 is 10.2 Å². The van der Waals surface area contributed by atoms with E-state index in [0.29, 0.717) is 6.04 Å². The molecule has 2 rings (SSSR count). The van der Waals surface area contributed by atoms with Crippen molar-refractivity contribution in [1.82, 2.24) is 0 Å². The zero-order valence-electron chi connectivity index (χ0n) is 12.4. The summed E-state index contributed by atoms with van der Waals surface area (Å²) in [4.78, 5) is 2.17. The van der Waals surface area contributed by atoms with Gasteiger partial charge in [-0.15, -0.1) is 0 Å².